The first kappa shape index (κ1) is 15.6. The van der Waals surface area contributed by atoms with Crippen LogP contribution in [0.25, 0.3) is 0 Å². The average molecular weight is 377 g/mol. The van der Waals surface area contributed by atoms with E-state index in [0.29, 0.717) is 15.9 Å². The highest BCUT2D eigenvalue weighted by molar-refractivity contribution is 9.10. The van der Waals surface area contributed by atoms with Crippen LogP contribution in [0.5, 0.6) is 5.88 Å². The first-order valence-electron chi connectivity index (χ1n) is 7.04. The van der Waals surface area contributed by atoms with Crippen LogP contribution in [0.3, 0.4) is 0 Å². The Morgan fingerprint density at radius 1 is 1.48 bits per heavy atom. The lowest BCUT2D eigenvalue weighted by Crippen LogP contribution is -2.21. The molecule has 0 spiro atoms. The van der Waals surface area contributed by atoms with E-state index in [0.717, 1.165) is 16.8 Å². The number of aromatic nitrogens is 2. The van der Waals surface area contributed by atoms with Crippen LogP contribution in [-0.4, -0.2) is 10.2 Å². The Morgan fingerprint density at radius 3 is 2.83 bits per heavy atom. The summed E-state index contributed by atoms with van der Waals surface area (Å²) in [5.74, 6) is -0.284. The number of rotatable bonds is 2. The van der Waals surface area contributed by atoms with E-state index < -0.39 is 5.92 Å². The van der Waals surface area contributed by atoms with Crippen LogP contribution in [-0.2, 0) is 0 Å². The van der Waals surface area contributed by atoms with Gasteiger partial charge in [-0.2, -0.15) is 5.26 Å². The summed E-state index contributed by atoms with van der Waals surface area (Å²) in [6, 6.07) is 6.76. The Labute approximate surface area is 141 Å². The minimum Gasteiger partial charge on any atom is -0.420 e. The molecule has 0 radical (unpaired) electrons. The van der Waals surface area contributed by atoms with E-state index in [-0.39, 0.29) is 17.6 Å². The molecule has 0 unspecified atom stereocenters. The molecule has 0 amide bonds. The molecule has 1 aromatic carbocycles. The predicted molar refractivity (Wildman–Crippen MR) is 86.1 cm³/mol. The number of nitriles is 1. The normalized spacial score (nSPS) is 17.0. The zero-order valence-corrected chi connectivity index (χ0v) is 14.1. The van der Waals surface area contributed by atoms with Crippen LogP contribution < -0.4 is 10.5 Å². The summed E-state index contributed by atoms with van der Waals surface area (Å²) < 4.78 is 19.4. The molecule has 1 aliphatic heterocycles. The van der Waals surface area contributed by atoms with Crippen LogP contribution in [0, 0.1) is 17.1 Å². The summed E-state index contributed by atoms with van der Waals surface area (Å²) in [6.07, 6.45) is 0. The molecule has 2 heterocycles. The third-order valence-corrected chi connectivity index (χ3v) is 4.43. The summed E-state index contributed by atoms with van der Waals surface area (Å²) in [5.41, 5.74) is 8.55. The third kappa shape index (κ3) is 2.49. The molecule has 1 atom stereocenters. The van der Waals surface area contributed by atoms with E-state index in [4.69, 9.17) is 10.5 Å². The van der Waals surface area contributed by atoms with Crippen LogP contribution in [0.4, 0.5) is 4.39 Å². The number of hydrogen-bond acceptors (Lipinski definition) is 4. The van der Waals surface area contributed by atoms with Crippen LogP contribution in [0.1, 0.15) is 42.5 Å². The number of nitrogens with zero attached hydrogens (tertiary/aromatic N) is 2. The quantitative estimate of drug-likeness (QED) is 0.836. The van der Waals surface area contributed by atoms with Crippen molar-refractivity contribution in [3.63, 3.8) is 0 Å². The summed E-state index contributed by atoms with van der Waals surface area (Å²) in [5, 5.41) is 16.6. The molecule has 1 aromatic heterocycles. The van der Waals surface area contributed by atoms with Crippen LogP contribution in [0.15, 0.2) is 34.1 Å². The second kappa shape index (κ2) is 5.70. The predicted octanol–water partition coefficient (Wildman–Crippen LogP) is 3.65. The van der Waals surface area contributed by atoms with Gasteiger partial charge in [0.05, 0.1) is 16.0 Å². The number of halogens is 2. The fourth-order valence-electron chi connectivity index (χ4n) is 2.73. The SMILES string of the molecule is CC(C)c1[nH]nc2c1[C@H](c1ccc(F)c(Br)c1)C(C#N)=C(N)O2. The van der Waals surface area contributed by atoms with Crippen molar-refractivity contribution < 1.29 is 9.13 Å². The first-order valence-corrected chi connectivity index (χ1v) is 7.84. The molecule has 5 nitrogen and oxygen atoms in total. The minimum absolute atomic E-state index is 0.0206. The van der Waals surface area contributed by atoms with Crippen LogP contribution >= 0.6 is 15.9 Å². The van der Waals surface area contributed by atoms with Gasteiger partial charge in [0, 0.05) is 5.69 Å². The van der Waals surface area contributed by atoms with Crippen molar-refractivity contribution in [3.8, 4) is 11.9 Å². The van der Waals surface area contributed by atoms with Crippen LogP contribution in [0.2, 0.25) is 0 Å². The number of nitrogens with one attached hydrogen (secondary N) is 1. The number of allylic oxidation sites excluding steroid dienone is 1. The largest absolute Gasteiger partial charge is 0.420 e. The first-order chi connectivity index (χ1) is 10.9. The smallest absolute Gasteiger partial charge is 0.244 e. The molecule has 0 saturated heterocycles. The van der Waals surface area contributed by atoms with Gasteiger partial charge in [-0.3, -0.25) is 5.10 Å². The van der Waals surface area contributed by atoms with Gasteiger partial charge < -0.3 is 10.5 Å². The Bertz CT molecular complexity index is 850. The number of hydrogen-bond donors (Lipinski definition) is 2. The van der Waals surface area contributed by atoms with Gasteiger partial charge >= 0.3 is 0 Å². The number of ether oxygens (including phenoxy) is 1. The lowest BCUT2D eigenvalue weighted by molar-refractivity contribution is 0.378. The second-order valence-corrected chi connectivity index (χ2v) is 6.46. The number of benzene rings is 1. The Hall–Kier alpha value is -2.33. The van der Waals surface area contributed by atoms with Gasteiger partial charge in [-0.1, -0.05) is 19.9 Å². The van der Waals surface area contributed by atoms with Crippen molar-refractivity contribution in [2.24, 2.45) is 5.73 Å². The van der Waals surface area contributed by atoms with Gasteiger partial charge in [0.15, 0.2) is 0 Å². The summed E-state index contributed by atoms with van der Waals surface area (Å²) in [4.78, 5) is 0. The maximum Gasteiger partial charge on any atom is 0.244 e. The van der Waals surface area contributed by atoms with Gasteiger partial charge in [-0.25, -0.2) is 4.39 Å². The molecule has 3 N–H and O–H groups in total. The summed E-state index contributed by atoms with van der Waals surface area (Å²) in [7, 11) is 0. The van der Waals surface area contributed by atoms with E-state index in [2.05, 4.69) is 32.2 Å². The molecular formula is C16H14BrFN4O. The van der Waals surface area contributed by atoms with Crippen molar-refractivity contribution in [1.82, 2.24) is 10.2 Å². The van der Waals surface area contributed by atoms with Gasteiger partial charge in [-0.15, -0.1) is 5.10 Å². The molecule has 118 valence electrons. The number of aromatic amines is 1. The standard InChI is InChI=1S/C16H14BrFN4O/c1-7(2)14-13-12(8-3-4-11(18)10(17)5-8)9(6-19)15(20)23-16(13)22-21-14/h3-5,7,12H,20H2,1-2H3,(H,21,22)/t12-/m1/s1. The summed E-state index contributed by atoms with van der Waals surface area (Å²) in [6.45, 7) is 4.03. The molecule has 0 aliphatic carbocycles. The van der Waals surface area contributed by atoms with Crippen molar-refractivity contribution in [2.45, 2.75) is 25.7 Å². The molecule has 2 aromatic rings. The number of nitrogens with two attached hydrogens (primary N) is 1. The maximum atomic E-state index is 13.6. The zero-order chi connectivity index (χ0) is 16.7. The van der Waals surface area contributed by atoms with E-state index in [1.807, 2.05) is 13.8 Å². The molecule has 7 heteroatoms. The highest BCUT2D eigenvalue weighted by atomic mass is 79.9. The number of fused-ring (bicyclic) bond motifs is 1. The van der Waals surface area contributed by atoms with Crippen molar-refractivity contribution in [3.05, 3.63) is 56.8 Å². The fourth-order valence-corrected chi connectivity index (χ4v) is 3.13. The van der Waals surface area contributed by atoms with Gasteiger partial charge in [0.25, 0.3) is 0 Å². The monoisotopic (exact) mass is 376 g/mol. The zero-order valence-electron chi connectivity index (χ0n) is 12.5. The average Bonchev–Trinajstić information content (AvgIpc) is 2.92. The lowest BCUT2D eigenvalue weighted by atomic mass is 9.82. The van der Waals surface area contributed by atoms with E-state index in [1.165, 1.54) is 6.07 Å². The minimum atomic E-state index is -0.447. The van der Waals surface area contributed by atoms with Crippen molar-refractivity contribution in [1.29, 1.82) is 5.26 Å². The van der Waals surface area contributed by atoms with Crippen molar-refractivity contribution >= 4 is 15.9 Å². The van der Waals surface area contributed by atoms with E-state index in [9.17, 15) is 9.65 Å². The molecule has 0 bridgehead atoms. The van der Waals surface area contributed by atoms with Crippen molar-refractivity contribution in [2.75, 3.05) is 0 Å². The Balaban J connectivity index is 2.26. The molecular weight excluding hydrogens is 363 g/mol. The third-order valence-electron chi connectivity index (χ3n) is 3.82. The van der Waals surface area contributed by atoms with Gasteiger partial charge in [-0.05, 0) is 39.5 Å². The Kier molecular flexibility index (Phi) is 3.86. The maximum absolute atomic E-state index is 13.6. The van der Waals surface area contributed by atoms with Gasteiger partial charge in [0.2, 0.25) is 11.8 Å². The van der Waals surface area contributed by atoms with Gasteiger partial charge in [0.1, 0.15) is 17.5 Å². The molecule has 0 saturated carbocycles. The highest BCUT2D eigenvalue weighted by Crippen LogP contribution is 2.44. The fraction of sp³-hybridized carbons (Fsp3) is 0.250. The van der Waals surface area contributed by atoms with E-state index >= 15 is 0 Å². The topological polar surface area (TPSA) is 87.7 Å². The highest BCUT2D eigenvalue weighted by Gasteiger charge is 2.35. The molecule has 23 heavy (non-hydrogen) atoms. The molecule has 1 aliphatic rings. The molecule has 0 fully saturated rings. The second-order valence-electron chi connectivity index (χ2n) is 5.61. The number of H-pyrrole nitrogens is 1. The lowest BCUT2D eigenvalue weighted by Gasteiger charge is -2.25. The molecule has 3 rings (SSSR count). The summed E-state index contributed by atoms with van der Waals surface area (Å²) >= 11 is 3.19. The van der Waals surface area contributed by atoms with E-state index in [1.54, 1.807) is 12.1 Å². The Morgan fingerprint density at radius 2 is 2.22 bits per heavy atom.